The molecule has 0 aliphatic heterocycles. The van der Waals surface area contributed by atoms with Gasteiger partial charge in [-0.15, -0.1) is 0 Å². The fourth-order valence-electron chi connectivity index (χ4n) is 2.19. The molecule has 20 heavy (non-hydrogen) atoms. The number of hydrogen-bond acceptors (Lipinski definition) is 4. The number of methoxy groups -OCH3 is 1. The Labute approximate surface area is 121 Å². The van der Waals surface area contributed by atoms with Crippen molar-refractivity contribution in [3.05, 3.63) is 23.4 Å². The highest BCUT2D eigenvalue weighted by Gasteiger charge is 2.20. The van der Waals surface area contributed by atoms with Crippen LogP contribution in [0.25, 0.3) is 0 Å². The van der Waals surface area contributed by atoms with Crippen LogP contribution in [0.1, 0.15) is 44.4 Å². The standard InChI is InChI=1S/C16H26N2O2/c1-4-5-15-8-13(10-17-14-6-7-14)9-16(18-15)20-12(2)11-19-3/h8-9,12,14,17H,4-7,10-11H2,1-3H3. The van der Waals surface area contributed by atoms with Gasteiger partial charge in [-0.1, -0.05) is 13.3 Å². The molecule has 1 N–H and O–H groups in total. The average Bonchev–Trinajstić information content (AvgIpc) is 3.21. The van der Waals surface area contributed by atoms with E-state index in [0.717, 1.165) is 31.1 Å². The summed E-state index contributed by atoms with van der Waals surface area (Å²) in [6.45, 7) is 5.65. The number of rotatable bonds is 9. The molecule has 1 aromatic heterocycles. The summed E-state index contributed by atoms with van der Waals surface area (Å²) in [4.78, 5) is 4.58. The SMILES string of the molecule is CCCc1cc(CNC2CC2)cc(OC(C)COC)n1. The van der Waals surface area contributed by atoms with Gasteiger partial charge in [0.15, 0.2) is 0 Å². The first-order valence-corrected chi connectivity index (χ1v) is 7.60. The number of aromatic nitrogens is 1. The van der Waals surface area contributed by atoms with Crippen molar-refractivity contribution in [1.29, 1.82) is 0 Å². The van der Waals surface area contributed by atoms with Gasteiger partial charge in [-0.3, -0.25) is 0 Å². The van der Waals surface area contributed by atoms with Crippen molar-refractivity contribution in [3.8, 4) is 5.88 Å². The number of nitrogens with one attached hydrogen (secondary N) is 1. The predicted molar refractivity (Wildman–Crippen MR) is 80.1 cm³/mol. The minimum absolute atomic E-state index is 0.0219. The first-order valence-electron chi connectivity index (χ1n) is 7.60. The van der Waals surface area contributed by atoms with Crippen molar-refractivity contribution in [3.63, 3.8) is 0 Å². The van der Waals surface area contributed by atoms with Crippen LogP contribution in [0.4, 0.5) is 0 Å². The van der Waals surface area contributed by atoms with Crippen molar-refractivity contribution in [2.45, 2.75) is 58.2 Å². The van der Waals surface area contributed by atoms with E-state index in [1.807, 2.05) is 13.0 Å². The number of ether oxygens (including phenoxy) is 2. The lowest BCUT2D eigenvalue weighted by atomic mass is 10.1. The number of nitrogens with zero attached hydrogens (tertiary/aromatic N) is 1. The Hall–Kier alpha value is -1.13. The van der Waals surface area contributed by atoms with Crippen molar-refractivity contribution in [1.82, 2.24) is 10.3 Å². The molecule has 0 bridgehead atoms. The molecule has 1 heterocycles. The Morgan fingerprint density at radius 3 is 2.85 bits per heavy atom. The largest absolute Gasteiger partial charge is 0.472 e. The van der Waals surface area contributed by atoms with Crippen LogP contribution in [0, 0.1) is 0 Å². The van der Waals surface area contributed by atoms with Crippen LogP contribution in [0.3, 0.4) is 0 Å². The van der Waals surface area contributed by atoms with E-state index < -0.39 is 0 Å². The summed E-state index contributed by atoms with van der Waals surface area (Å²) in [5.41, 5.74) is 2.37. The molecule has 0 aromatic carbocycles. The van der Waals surface area contributed by atoms with Gasteiger partial charge < -0.3 is 14.8 Å². The molecule has 0 saturated heterocycles. The van der Waals surface area contributed by atoms with Crippen LogP contribution in [-0.2, 0) is 17.7 Å². The second-order valence-corrected chi connectivity index (χ2v) is 5.59. The molecular weight excluding hydrogens is 252 g/mol. The molecule has 4 nitrogen and oxygen atoms in total. The van der Waals surface area contributed by atoms with E-state index >= 15 is 0 Å². The zero-order valence-electron chi connectivity index (χ0n) is 12.8. The van der Waals surface area contributed by atoms with Crippen LogP contribution in [0.15, 0.2) is 12.1 Å². The van der Waals surface area contributed by atoms with Gasteiger partial charge in [0, 0.05) is 31.5 Å². The summed E-state index contributed by atoms with van der Waals surface area (Å²) in [7, 11) is 1.69. The Morgan fingerprint density at radius 2 is 2.20 bits per heavy atom. The fraction of sp³-hybridized carbons (Fsp3) is 0.688. The Balaban J connectivity index is 2.03. The van der Waals surface area contributed by atoms with Crippen LogP contribution < -0.4 is 10.1 Å². The second-order valence-electron chi connectivity index (χ2n) is 5.59. The van der Waals surface area contributed by atoms with Gasteiger partial charge in [-0.05, 0) is 37.8 Å². The highest BCUT2D eigenvalue weighted by atomic mass is 16.5. The van der Waals surface area contributed by atoms with Gasteiger partial charge in [0.2, 0.25) is 5.88 Å². The molecule has 2 rings (SSSR count). The number of aryl methyl sites for hydroxylation is 1. The number of pyridine rings is 1. The first-order chi connectivity index (χ1) is 9.71. The molecule has 1 fully saturated rings. The van der Waals surface area contributed by atoms with E-state index in [2.05, 4.69) is 23.3 Å². The smallest absolute Gasteiger partial charge is 0.214 e. The quantitative estimate of drug-likeness (QED) is 0.754. The van der Waals surface area contributed by atoms with Gasteiger partial charge in [0.05, 0.1) is 6.61 Å². The normalized spacial score (nSPS) is 16.1. The summed E-state index contributed by atoms with van der Waals surface area (Å²) in [6, 6.07) is 4.95. The monoisotopic (exact) mass is 278 g/mol. The summed E-state index contributed by atoms with van der Waals surface area (Å²) in [6.07, 6.45) is 4.72. The van der Waals surface area contributed by atoms with Gasteiger partial charge in [-0.2, -0.15) is 0 Å². The molecule has 4 heteroatoms. The third-order valence-corrected chi connectivity index (χ3v) is 3.32. The van der Waals surface area contributed by atoms with E-state index in [4.69, 9.17) is 9.47 Å². The summed E-state index contributed by atoms with van der Waals surface area (Å²) < 4.78 is 10.9. The molecular formula is C16H26N2O2. The molecule has 0 radical (unpaired) electrons. The fourth-order valence-corrected chi connectivity index (χ4v) is 2.19. The first kappa shape index (κ1) is 15.3. The van der Waals surface area contributed by atoms with E-state index in [9.17, 15) is 0 Å². The lowest BCUT2D eigenvalue weighted by Crippen LogP contribution is -2.20. The van der Waals surface area contributed by atoms with Crippen LogP contribution in [-0.4, -0.2) is 30.8 Å². The predicted octanol–water partition coefficient (Wildman–Crippen LogP) is 2.70. The van der Waals surface area contributed by atoms with E-state index in [1.165, 1.54) is 18.4 Å². The maximum Gasteiger partial charge on any atom is 0.214 e. The zero-order valence-corrected chi connectivity index (χ0v) is 12.8. The Kier molecular flexibility index (Phi) is 5.80. The van der Waals surface area contributed by atoms with E-state index in [0.29, 0.717) is 12.5 Å². The maximum atomic E-state index is 5.84. The molecule has 1 aromatic rings. The van der Waals surface area contributed by atoms with Crippen molar-refractivity contribution in [2.24, 2.45) is 0 Å². The topological polar surface area (TPSA) is 43.4 Å². The van der Waals surface area contributed by atoms with Crippen LogP contribution in [0.5, 0.6) is 5.88 Å². The Bertz CT molecular complexity index is 419. The molecule has 1 unspecified atom stereocenters. The van der Waals surface area contributed by atoms with Crippen molar-refractivity contribution >= 4 is 0 Å². The number of hydrogen-bond donors (Lipinski definition) is 1. The lowest BCUT2D eigenvalue weighted by Gasteiger charge is -2.15. The van der Waals surface area contributed by atoms with Crippen molar-refractivity contribution in [2.75, 3.05) is 13.7 Å². The molecule has 0 amide bonds. The molecule has 0 spiro atoms. The van der Waals surface area contributed by atoms with Gasteiger partial charge in [-0.25, -0.2) is 4.98 Å². The van der Waals surface area contributed by atoms with Crippen molar-refractivity contribution < 1.29 is 9.47 Å². The minimum atomic E-state index is 0.0219. The molecule has 1 aliphatic carbocycles. The maximum absolute atomic E-state index is 5.84. The minimum Gasteiger partial charge on any atom is -0.472 e. The van der Waals surface area contributed by atoms with Crippen LogP contribution >= 0.6 is 0 Å². The summed E-state index contributed by atoms with van der Waals surface area (Å²) >= 11 is 0. The van der Waals surface area contributed by atoms with Crippen LogP contribution in [0.2, 0.25) is 0 Å². The van der Waals surface area contributed by atoms with Gasteiger partial charge in [0.1, 0.15) is 6.10 Å². The second kappa shape index (κ2) is 7.60. The summed E-state index contributed by atoms with van der Waals surface area (Å²) in [5, 5.41) is 3.54. The van der Waals surface area contributed by atoms with Gasteiger partial charge >= 0.3 is 0 Å². The summed E-state index contributed by atoms with van der Waals surface area (Å²) in [5.74, 6) is 0.716. The Morgan fingerprint density at radius 1 is 1.40 bits per heavy atom. The molecule has 1 aliphatic rings. The lowest BCUT2D eigenvalue weighted by molar-refractivity contribution is 0.0887. The average molecular weight is 278 g/mol. The third kappa shape index (κ3) is 5.10. The highest BCUT2D eigenvalue weighted by Crippen LogP contribution is 2.21. The third-order valence-electron chi connectivity index (χ3n) is 3.32. The molecule has 1 saturated carbocycles. The molecule has 112 valence electrons. The highest BCUT2D eigenvalue weighted by molar-refractivity contribution is 5.25. The van der Waals surface area contributed by atoms with Gasteiger partial charge in [0.25, 0.3) is 0 Å². The zero-order chi connectivity index (χ0) is 14.4. The van der Waals surface area contributed by atoms with E-state index in [-0.39, 0.29) is 6.10 Å². The van der Waals surface area contributed by atoms with E-state index in [1.54, 1.807) is 7.11 Å². The molecule has 1 atom stereocenters.